The van der Waals surface area contributed by atoms with Gasteiger partial charge >= 0.3 is 24.0 Å². The van der Waals surface area contributed by atoms with Crippen molar-refractivity contribution in [1.82, 2.24) is 4.90 Å². The number of hydrogen-bond acceptors (Lipinski definition) is 4. The summed E-state index contributed by atoms with van der Waals surface area (Å²) < 4.78 is 94.2. The molecule has 2 heterocycles. The smallest absolute Gasteiger partial charge is 0.460 e. The van der Waals surface area contributed by atoms with E-state index in [0.29, 0.717) is 24.3 Å². The largest absolute Gasteiger partial charge is 0.487 e. The quantitative estimate of drug-likeness (QED) is 0.375. The summed E-state index contributed by atoms with van der Waals surface area (Å²) in [4.78, 5) is 13.5. The molecule has 4 rings (SSSR count). The van der Waals surface area contributed by atoms with Crippen molar-refractivity contribution in [2.45, 2.75) is 68.4 Å². The van der Waals surface area contributed by atoms with Crippen molar-refractivity contribution in [1.29, 1.82) is 0 Å². The summed E-state index contributed by atoms with van der Waals surface area (Å²) in [6.45, 7) is -1.40. The van der Waals surface area contributed by atoms with Crippen LogP contribution in [0.2, 0.25) is 0 Å². The van der Waals surface area contributed by atoms with E-state index < -0.39 is 30.6 Å². The first-order chi connectivity index (χ1) is 17.3. The molecule has 2 saturated heterocycles. The van der Waals surface area contributed by atoms with Crippen molar-refractivity contribution in [3.63, 3.8) is 0 Å². The first-order valence-electron chi connectivity index (χ1n) is 11.7. The molecule has 202 valence electrons. The van der Waals surface area contributed by atoms with Crippen LogP contribution in [0, 0.1) is 0 Å². The number of piperidine rings is 1. The maximum absolute atomic E-state index is 13.4. The van der Waals surface area contributed by atoms with Crippen LogP contribution in [0.4, 0.5) is 36.4 Å². The van der Waals surface area contributed by atoms with Crippen LogP contribution < -0.4 is 10.1 Å². The third-order valence-electron chi connectivity index (χ3n) is 6.91. The first-order valence-corrected chi connectivity index (χ1v) is 11.7. The normalized spacial score (nSPS) is 22.6. The second-order valence-electron chi connectivity index (χ2n) is 9.46. The molecular formula is C25H25F7N2O3. The van der Waals surface area contributed by atoms with Gasteiger partial charge in [-0.1, -0.05) is 12.1 Å². The third-order valence-corrected chi connectivity index (χ3v) is 6.91. The van der Waals surface area contributed by atoms with E-state index in [-0.39, 0.29) is 17.4 Å². The van der Waals surface area contributed by atoms with Crippen LogP contribution in [0.3, 0.4) is 0 Å². The molecule has 2 aliphatic heterocycles. The summed E-state index contributed by atoms with van der Waals surface area (Å²) in [5.74, 6) is -12.9. The zero-order valence-electron chi connectivity index (χ0n) is 19.5. The molecule has 2 aliphatic rings. The minimum atomic E-state index is -6.40. The highest BCUT2D eigenvalue weighted by molar-refractivity contribution is 5.87. The highest BCUT2D eigenvalue weighted by atomic mass is 19.4. The molecule has 0 amide bonds. The van der Waals surface area contributed by atoms with Crippen LogP contribution >= 0.6 is 0 Å². The van der Waals surface area contributed by atoms with Gasteiger partial charge in [-0.05, 0) is 67.6 Å². The maximum atomic E-state index is 13.4. The molecule has 2 aromatic carbocycles. The lowest BCUT2D eigenvalue weighted by atomic mass is 9.96. The Morgan fingerprint density at radius 1 is 0.919 bits per heavy atom. The van der Waals surface area contributed by atoms with E-state index in [4.69, 9.17) is 5.11 Å². The van der Waals surface area contributed by atoms with E-state index >= 15 is 0 Å². The Bertz CT molecular complexity index is 1080. The molecule has 1 unspecified atom stereocenters. The maximum Gasteiger partial charge on any atom is 0.460 e. The second-order valence-corrected chi connectivity index (χ2v) is 9.46. The number of fused-ring (bicyclic) bond motifs is 2. The number of carbonyl (C=O) groups is 1. The monoisotopic (exact) mass is 534 g/mol. The van der Waals surface area contributed by atoms with Crippen molar-refractivity contribution in [3.05, 3.63) is 59.7 Å². The van der Waals surface area contributed by atoms with E-state index in [1.165, 1.54) is 24.3 Å². The number of carboxylic acids is 1. The van der Waals surface area contributed by atoms with Gasteiger partial charge in [-0.15, -0.1) is 0 Å². The Morgan fingerprint density at radius 3 is 2.00 bits per heavy atom. The number of alkyl halides is 7. The number of halogens is 7. The first kappa shape index (κ1) is 27.0. The molecule has 5 nitrogen and oxygen atoms in total. The van der Waals surface area contributed by atoms with E-state index in [9.17, 15) is 35.5 Å². The average Bonchev–Trinajstić information content (AvgIpc) is 3.05. The number of benzene rings is 2. The van der Waals surface area contributed by atoms with Crippen molar-refractivity contribution in [2.75, 3.05) is 11.9 Å². The molecule has 12 heteroatoms. The Kier molecular flexibility index (Phi) is 7.33. The van der Waals surface area contributed by atoms with E-state index in [1.54, 1.807) is 12.1 Å². The molecule has 2 bridgehead atoms. The van der Waals surface area contributed by atoms with Gasteiger partial charge in [0.05, 0.1) is 5.56 Å². The van der Waals surface area contributed by atoms with Crippen LogP contribution in [0.15, 0.2) is 48.5 Å². The molecule has 0 aromatic heterocycles. The molecule has 3 atom stereocenters. The molecule has 0 radical (unpaired) electrons. The zero-order valence-corrected chi connectivity index (χ0v) is 19.5. The second kappa shape index (κ2) is 10.0. The van der Waals surface area contributed by atoms with Gasteiger partial charge in [-0.3, -0.25) is 4.90 Å². The third kappa shape index (κ3) is 5.78. The molecular weight excluding hydrogens is 509 g/mol. The summed E-state index contributed by atoms with van der Waals surface area (Å²) in [6.07, 6.45) is -2.64. The van der Waals surface area contributed by atoms with Gasteiger partial charge in [-0.25, -0.2) is 4.79 Å². The molecule has 0 spiro atoms. The summed E-state index contributed by atoms with van der Waals surface area (Å²) >= 11 is 0. The van der Waals surface area contributed by atoms with Gasteiger partial charge in [0, 0.05) is 30.4 Å². The summed E-state index contributed by atoms with van der Waals surface area (Å²) in [6, 6.07) is 13.0. The Labute approximate surface area is 208 Å². The van der Waals surface area contributed by atoms with E-state index in [0.717, 1.165) is 31.2 Å². The standard InChI is InChI=1S/C25H25F7N2O3/c26-23(27,24(28,29)25(30,31)32)14-37-21-9-5-17(6-10-21)33-18-11-19-7-8-20(12-18)34(19)13-15-1-3-16(4-2-15)22(35)36/h1-6,9-10,18-20,33H,7-8,11-14H2,(H,35,36)/t18?,19-,20+. The Balaban J connectivity index is 1.30. The topological polar surface area (TPSA) is 61.8 Å². The Morgan fingerprint density at radius 2 is 1.49 bits per heavy atom. The number of rotatable bonds is 9. The molecule has 37 heavy (non-hydrogen) atoms. The lowest BCUT2D eigenvalue weighted by Gasteiger charge is -2.39. The zero-order chi connectivity index (χ0) is 27.0. The predicted molar refractivity (Wildman–Crippen MR) is 120 cm³/mol. The average molecular weight is 534 g/mol. The van der Waals surface area contributed by atoms with Gasteiger partial charge in [0.15, 0.2) is 6.61 Å². The number of ether oxygens (including phenoxy) is 1. The predicted octanol–water partition coefficient (Wildman–Crippen LogP) is 6.20. The van der Waals surface area contributed by atoms with Gasteiger partial charge in [-0.2, -0.15) is 30.7 Å². The summed E-state index contributed by atoms with van der Waals surface area (Å²) in [5, 5.41) is 12.4. The van der Waals surface area contributed by atoms with Crippen LogP contribution in [-0.4, -0.2) is 58.7 Å². The van der Waals surface area contributed by atoms with Crippen molar-refractivity contribution in [3.8, 4) is 5.75 Å². The van der Waals surface area contributed by atoms with Gasteiger partial charge in [0.1, 0.15) is 5.75 Å². The minimum absolute atomic E-state index is 0.129. The Hall–Kier alpha value is -3.02. The summed E-state index contributed by atoms with van der Waals surface area (Å²) in [7, 11) is 0. The molecule has 0 aliphatic carbocycles. The van der Waals surface area contributed by atoms with Crippen LogP contribution in [0.5, 0.6) is 5.75 Å². The van der Waals surface area contributed by atoms with Crippen molar-refractivity contribution >= 4 is 11.7 Å². The fourth-order valence-electron chi connectivity index (χ4n) is 4.97. The highest BCUT2D eigenvalue weighted by Crippen LogP contribution is 2.46. The number of nitrogens with zero attached hydrogens (tertiary/aromatic N) is 1. The lowest BCUT2D eigenvalue weighted by molar-refractivity contribution is -0.358. The minimum Gasteiger partial charge on any atom is -0.487 e. The number of nitrogens with one attached hydrogen (secondary N) is 1. The van der Waals surface area contributed by atoms with E-state index in [1.807, 2.05) is 12.1 Å². The van der Waals surface area contributed by atoms with Gasteiger partial charge in [0.25, 0.3) is 0 Å². The molecule has 0 saturated carbocycles. The van der Waals surface area contributed by atoms with Crippen LogP contribution in [-0.2, 0) is 6.54 Å². The number of hydrogen-bond donors (Lipinski definition) is 2. The van der Waals surface area contributed by atoms with Crippen molar-refractivity contribution in [2.24, 2.45) is 0 Å². The van der Waals surface area contributed by atoms with Gasteiger partial charge < -0.3 is 15.2 Å². The van der Waals surface area contributed by atoms with Crippen LogP contribution in [0.1, 0.15) is 41.6 Å². The molecule has 2 aromatic rings. The number of carboxylic acid groups (broad SMARTS) is 1. The number of anilines is 1. The molecule has 2 N–H and O–H groups in total. The fraction of sp³-hybridized carbons (Fsp3) is 0.480. The molecule has 2 fully saturated rings. The highest BCUT2D eigenvalue weighted by Gasteiger charge is 2.73. The SMILES string of the molecule is O=C(O)c1ccc(CN2[C@@H]3CC[C@H]2CC(Nc2ccc(OCC(F)(F)C(F)(F)C(F)(F)F)cc2)C3)cc1. The lowest BCUT2D eigenvalue weighted by Crippen LogP contribution is -2.54. The fourth-order valence-corrected chi connectivity index (χ4v) is 4.97. The van der Waals surface area contributed by atoms with Crippen LogP contribution in [0.25, 0.3) is 0 Å². The summed E-state index contributed by atoms with van der Waals surface area (Å²) in [5.41, 5.74) is 1.91. The van der Waals surface area contributed by atoms with E-state index in [2.05, 4.69) is 15.0 Å². The van der Waals surface area contributed by atoms with Crippen molar-refractivity contribution < 1.29 is 45.4 Å². The van der Waals surface area contributed by atoms with Gasteiger partial charge in [0.2, 0.25) is 0 Å². The number of aromatic carboxylic acids is 1.